The van der Waals surface area contributed by atoms with Gasteiger partial charge in [0.05, 0.1) is 22.1 Å². The highest BCUT2D eigenvalue weighted by molar-refractivity contribution is 5.83. The number of nitrogens with zero attached hydrogens (tertiary/aromatic N) is 1. The second-order valence-electron chi connectivity index (χ2n) is 10.3. The summed E-state index contributed by atoms with van der Waals surface area (Å²) >= 11 is 0. The Morgan fingerprint density at radius 2 is 1.71 bits per heavy atom. The van der Waals surface area contributed by atoms with E-state index in [1.165, 1.54) is 0 Å². The minimum Gasteiger partial charge on any atom is -0.408 e. The monoisotopic (exact) mass is 541 g/mol. The summed E-state index contributed by atoms with van der Waals surface area (Å²) < 4.78 is 84.3. The van der Waals surface area contributed by atoms with Gasteiger partial charge in [0.25, 0.3) is 0 Å². The lowest BCUT2D eigenvalue weighted by Crippen LogP contribution is -2.43. The molecule has 2 aromatic carbocycles. The highest BCUT2D eigenvalue weighted by Crippen LogP contribution is 2.45. The number of halogens is 6. The summed E-state index contributed by atoms with van der Waals surface area (Å²) in [4.78, 5) is 29.5. The maximum absolute atomic E-state index is 13.4. The van der Waals surface area contributed by atoms with Gasteiger partial charge in [-0.3, -0.25) is 14.7 Å². The fourth-order valence-corrected chi connectivity index (χ4v) is 5.26. The van der Waals surface area contributed by atoms with E-state index >= 15 is 0 Å². The Labute approximate surface area is 213 Å². The number of aromatic amines is 1. The molecule has 1 saturated carbocycles. The molecule has 1 amide bonds. The molecule has 2 heterocycles. The molecular formula is C26H25F6N3O3. The Kier molecular flexibility index (Phi) is 6.57. The first-order chi connectivity index (χ1) is 17.8. The number of rotatable bonds is 7. The van der Waals surface area contributed by atoms with Gasteiger partial charge in [-0.15, -0.1) is 0 Å². The first-order valence-corrected chi connectivity index (χ1v) is 12.2. The van der Waals surface area contributed by atoms with Crippen molar-refractivity contribution < 1.29 is 35.6 Å². The van der Waals surface area contributed by atoms with E-state index in [1.54, 1.807) is 12.1 Å². The number of amides is 1. The fraction of sp³-hybridized carbons (Fsp3) is 0.462. The lowest BCUT2D eigenvalue weighted by molar-refractivity contribution is -0.143. The molecular weight excluding hydrogens is 516 g/mol. The normalized spacial score (nSPS) is 20.8. The molecule has 1 aliphatic heterocycles. The number of hydrogen-bond donors (Lipinski definition) is 2. The molecule has 2 N–H and O–H groups in total. The van der Waals surface area contributed by atoms with Crippen molar-refractivity contribution in [3.05, 3.63) is 69.2 Å². The van der Waals surface area contributed by atoms with Crippen LogP contribution in [0.4, 0.5) is 26.3 Å². The summed E-state index contributed by atoms with van der Waals surface area (Å²) in [6, 6.07) is 6.66. The van der Waals surface area contributed by atoms with Crippen LogP contribution in [-0.2, 0) is 30.2 Å². The molecule has 0 spiro atoms. The van der Waals surface area contributed by atoms with E-state index < -0.39 is 41.2 Å². The van der Waals surface area contributed by atoms with Crippen molar-refractivity contribution in [3.63, 3.8) is 0 Å². The van der Waals surface area contributed by atoms with Crippen molar-refractivity contribution in [2.24, 2.45) is 11.3 Å². The lowest BCUT2D eigenvalue weighted by Gasteiger charge is -2.29. The molecule has 204 valence electrons. The molecule has 12 heteroatoms. The van der Waals surface area contributed by atoms with Crippen molar-refractivity contribution in [2.45, 2.75) is 51.1 Å². The van der Waals surface area contributed by atoms with E-state index in [0.29, 0.717) is 61.6 Å². The van der Waals surface area contributed by atoms with Gasteiger partial charge in [-0.1, -0.05) is 18.9 Å². The molecule has 2 aliphatic rings. The van der Waals surface area contributed by atoms with E-state index in [0.717, 1.165) is 18.4 Å². The number of aromatic nitrogens is 1. The quantitative estimate of drug-likeness (QED) is 0.389. The number of alkyl halides is 6. The van der Waals surface area contributed by atoms with Crippen LogP contribution in [0.5, 0.6) is 0 Å². The largest absolute Gasteiger partial charge is 0.417 e. The smallest absolute Gasteiger partial charge is 0.408 e. The van der Waals surface area contributed by atoms with Crippen molar-refractivity contribution in [1.82, 2.24) is 15.2 Å². The van der Waals surface area contributed by atoms with Gasteiger partial charge >= 0.3 is 18.1 Å². The Bertz CT molecular complexity index is 1370. The third-order valence-electron chi connectivity index (χ3n) is 7.28. The molecule has 2 fully saturated rings. The van der Waals surface area contributed by atoms with Crippen molar-refractivity contribution in [2.75, 3.05) is 13.1 Å². The number of H-pyrrole nitrogens is 1. The molecule has 3 aromatic rings. The van der Waals surface area contributed by atoms with Crippen molar-refractivity contribution >= 4 is 17.0 Å². The van der Waals surface area contributed by atoms with Gasteiger partial charge in [0.1, 0.15) is 0 Å². The van der Waals surface area contributed by atoms with Crippen molar-refractivity contribution in [3.8, 4) is 0 Å². The zero-order valence-electron chi connectivity index (χ0n) is 20.1. The van der Waals surface area contributed by atoms with Crippen LogP contribution in [0, 0.1) is 11.3 Å². The zero-order chi connectivity index (χ0) is 27.3. The van der Waals surface area contributed by atoms with E-state index in [-0.39, 0.29) is 17.5 Å². The van der Waals surface area contributed by atoms with Gasteiger partial charge in [-0.05, 0) is 66.8 Å². The number of oxazole rings is 1. The van der Waals surface area contributed by atoms with Gasteiger partial charge in [0, 0.05) is 19.6 Å². The number of carbonyl (C=O) groups is 1. The van der Waals surface area contributed by atoms with Gasteiger partial charge in [0.2, 0.25) is 5.91 Å². The number of fused-ring (bicyclic) bond motifs is 1. The summed E-state index contributed by atoms with van der Waals surface area (Å²) in [5.41, 5.74) is -1.97. The molecule has 6 nitrogen and oxygen atoms in total. The van der Waals surface area contributed by atoms with Crippen LogP contribution in [0.1, 0.15) is 47.9 Å². The maximum Gasteiger partial charge on any atom is 0.417 e. The number of hydrogen-bond acceptors (Lipinski definition) is 4. The standard InChI is InChI=1S/C26H25F6N3O3/c27-25(28,29)18-7-17(8-19(10-18)26(30,31)32)12-33-22(36)24(11-15-1-2-15)5-6-35(14-24)13-16-3-4-21-20(9-16)34-23(37)38-21/h3-4,7-10,15H,1-2,5-6,11-14H2,(H,33,36)(H,34,37). The summed E-state index contributed by atoms with van der Waals surface area (Å²) in [5.74, 6) is -0.549. The SMILES string of the molecule is O=C(NCc1cc(C(F)(F)F)cc(C(F)(F)F)c1)C1(CC2CC2)CCN(Cc2ccc3oc(=O)[nH]c3c2)C1. The Morgan fingerprint density at radius 3 is 2.34 bits per heavy atom. The molecule has 0 bridgehead atoms. The average Bonchev–Trinajstić information content (AvgIpc) is 3.42. The van der Waals surface area contributed by atoms with Gasteiger partial charge in [0.15, 0.2) is 5.58 Å². The highest BCUT2D eigenvalue weighted by Gasteiger charge is 2.47. The molecule has 38 heavy (non-hydrogen) atoms. The highest BCUT2D eigenvalue weighted by atomic mass is 19.4. The third kappa shape index (κ3) is 5.74. The minimum atomic E-state index is -4.95. The molecule has 5 rings (SSSR count). The topological polar surface area (TPSA) is 78.3 Å². The van der Waals surface area contributed by atoms with Crippen LogP contribution < -0.4 is 11.1 Å². The predicted molar refractivity (Wildman–Crippen MR) is 125 cm³/mol. The fourth-order valence-electron chi connectivity index (χ4n) is 5.26. The maximum atomic E-state index is 13.4. The predicted octanol–water partition coefficient (Wildman–Crippen LogP) is 5.47. The van der Waals surface area contributed by atoms with Crippen LogP contribution in [0.3, 0.4) is 0 Å². The van der Waals surface area contributed by atoms with E-state index in [2.05, 4.69) is 15.2 Å². The van der Waals surface area contributed by atoms with E-state index in [4.69, 9.17) is 4.42 Å². The first-order valence-electron chi connectivity index (χ1n) is 12.2. The van der Waals surface area contributed by atoms with Gasteiger partial charge in [-0.2, -0.15) is 26.3 Å². The van der Waals surface area contributed by atoms with Crippen LogP contribution in [0.15, 0.2) is 45.6 Å². The number of carbonyl (C=O) groups excluding carboxylic acids is 1. The lowest BCUT2D eigenvalue weighted by atomic mass is 9.80. The second-order valence-corrected chi connectivity index (χ2v) is 10.3. The van der Waals surface area contributed by atoms with Crippen molar-refractivity contribution in [1.29, 1.82) is 0 Å². The molecule has 1 aliphatic carbocycles. The number of benzene rings is 2. The molecule has 1 aromatic heterocycles. The average molecular weight is 541 g/mol. The minimum absolute atomic E-state index is 0.0747. The first kappa shape index (κ1) is 26.3. The number of nitrogens with one attached hydrogen (secondary N) is 2. The summed E-state index contributed by atoms with van der Waals surface area (Å²) in [7, 11) is 0. The number of likely N-dealkylation sites (tertiary alicyclic amines) is 1. The van der Waals surface area contributed by atoms with Crippen LogP contribution in [0.2, 0.25) is 0 Å². The second kappa shape index (κ2) is 9.48. The Hall–Kier alpha value is -3.28. The third-order valence-corrected chi connectivity index (χ3v) is 7.28. The summed E-state index contributed by atoms with van der Waals surface area (Å²) in [6.07, 6.45) is -6.79. The molecule has 1 atom stereocenters. The van der Waals surface area contributed by atoms with Gasteiger partial charge < -0.3 is 9.73 Å². The molecule has 1 unspecified atom stereocenters. The zero-order valence-corrected chi connectivity index (χ0v) is 20.1. The van der Waals surface area contributed by atoms with E-state index in [1.807, 2.05) is 6.07 Å². The summed E-state index contributed by atoms with van der Waals surface area (Å²) in [5, 5.41) is 2.63. The Morgan fingerprint density at radius 1 is 1.03 bits per heavy atom. The van der Waals surface area contributed by atoms with Crippen LogP contribution in [-0.4, -0.2) is 28.9 Å². The van der Waals surface area contributed by atoms with Crippen LogP contribution in [0.25, 0.3) is 11.1 Å². The van der Waals surface area contributed by atoms with E-state index in [9.17, 15) is 35.9 Å². The summed E-state index contributed by atoms with van der Waals surface area (Å²) in [6.45, 7) is 1.07. The van der Waals surface area contributed by atoms with Crippen LogP contribution >= 0.6 is 0 Å². The molecule has 1 saturated heterocycles. The Balaban J connectivity index is 1.31. The molecule has 0 radical (unpaired) electrons. The van der Waals surface area contributed by atoms with Gasteiger partial charge in [-0.25, -0.2) is 4.79 Å².